The molecular weight excluding hydrogens is 306 g/mol. The van der Waals surface area contributed by atoms with Crippen LogP contribution in [0.4, 0.5) is 0 Å². The molecule has 1 atom stereocenters. The third kappa shape index (κ3) is 4.18. The fourth-order valence-electron chi connectivity index (χ4n) is 2.87. The van der Waals surface area contributed by atoms with E-state index in [1.54, 1.807) is 11.0 Å². The first kappa shape index (κ1) is 16.2. The lowest BCUT2D eigenvalue weighted by Crippen LogP contribution is -2.38. The number of rotatable bonds is 7. The van der Waals surface area contributed by atoms with E-state index >= 15 is 0 Å². The molecule has 1 saturated heterocycles. The first-order chi connectivity index (χ1) is 11.7. The van der Waals surface area contributed by atoms with Crippen molar-refractivity contribution in [2.75, 3.05) is 13.1 Å². The van der Waals surface area contributed by atoms with E-state index in [1.165, 1.54) is 6.33 Å². The molecule has 0 spiro atoms. The van der Waals surface area contributed by atoms with Gasteiger partial charge in [-0.25, -0.2) is 4.98 Å². The summed E-state index contributed by atoms with van der Waals surface area (Å²) >= 11 is 0. The van der Waals surface area contributed by atoms with Crippen LogP contribution in [0.25, 0.3) is 0 Å². The molecule has 2 heterocycles. The predicted octanol–water partition coefficient (Wildman–Crippen LogP) is 1.15. The summed E-state index contributed by atoms with van der Waals surface area (Å²) in [5.74, 6) is 0.0961. The van der Waals surface area contributed by atoms with Crippen molar-refractivity contribution in [1.29, 1.82) is 0 Å². The maximum Gasteiger partial charge on any atom is 0.222 e. The second-order valence-corrected chi connectivity index (χ2v) is 5.88. The van der Waals surface area contributed by atoms with Crippen LogP contribution in [0.1, 0.15) is 30.9 Å². The zero-order valence-corrected chi connectivity index (χ0v) is 13.5. The van der Waals surface area contributed by atoms with E-state index in [0.29, 0.717) is 25.9 Å². The highest BCUT2D eigenvalue weighted by atomic mass is 16.2. The molecule has 7 heteroatoms. The smallest absolute Gasteiger partial charge is 0.222 e. The third-order valence-corrected chi connectivity index (χ3v) is 4.15. The standard InChI is InChI=1S/C17H21N5O2/c23-16(8-10-22-13-18-12-19-22)20-15(14-5-2-1-3-6-14)11-21-9-4-7-17(21)24/h1-3,5-6,12-13,15H,4,7-11H2,(H,20,23)/t15-/m1/s1. The highest BCUT2D eigenvalue weighted by Gasteiger charge is 2.25. The van der Waals surface area contributed by atoms with Gasteiger partial charge in [0.1, 0.15) is 12.7 Å². The Balaban J connectivity index is 1.63. The Morgan fingerprint density at radius 2 is 2.12 bits per heavy atom. The van der Waals surface area contributed by atoms with Crippen molar-refractivity contribution in [3.8, 4) is 0 Å². The summed E-state index contributed by atoms with van der Waals surface area (Å²) in [4.78, 5) is 29.9. The van der Waals surface area contributed by atoms with Crippen LogP contribution in [0.3, 0.4) is 0 Å². The molecule has 0 bridgehead atoms. The number of hydrogen-bond acceptors (Lipinski definition) is 4. The summed E-state index contributed by atoms with van der Waals surface area (Å²) < 4.78 is 1.63. The van der Waals surface area contributed by atoms with Crippen molar-refractivity contribution < 1.29 is 9.59 Å². The van der Waals surface area contributed by atoms with Gasteiger partial charge in [0.05, 0.1) is 12.6 Å². The number of carbonyl (C=O) groups is 2. The lowest BCUT2D eigenvalue weighted by molar-refractivity contribution is -0.129. The predicted molar refractivity (Wildman–Crippen MR) is 87.8 cm³/mol. The zero-order chi connectivity index (χ0) is 16.8. The number of hydrogen-bond donors (Lipinski definition) is 1. The quantitative estimate of drug-likeness (QED) is 0.827. The van der Waals surface area contributed by atoms with Crippen molar-refractivity contribution in [2.24, 2.45) is 0 Å². The first-order valence-electron chi connectivity index (χ1n) is 8.17. The number of aryl methyl sites for hydroxylation is 1. The number of nitrogens with one attached hydrogen (secondary N) is 1. The summed E-state index contributed by atoms with van der Waals surface area (Å²) in [6, 6.07) is 9.57. The molecule has 0 aliphatic carbocycles. The number of aromatic nitrogens is 3. The van der Waals surface area contributed by atoms with E-state index in [2.05, 4.69) is 15.4 Å². The van der Waals surface area contributed by atoms with E-state index in [9.17, 15) is 9.59 Å². The molecule has 1 aromatic heterocycles. The monoisotopic (exact) mass is 327 g/mol. The molecule has 2 aromatic rings. The Morgan fingerprint density at radius 3 is 2.79 bits per heavy atom. The Bertz CT molecular complexity index is 672. The molecule has 7 nitrogen and oxygen atoms in total. The molecule has 1 aromatic carbocycles. The van der Waals surface area contributed by atoms with Gasteiger partial charge in [-0.15, -0.1) is 0 Å². The lowest BCUT2D eigenvalue weighted by atomic mass is 10.1. The van der Waals surface area contributed by atoms with E-state index < -0.39 is 0 Å². The Hall–Kier alpha value is -2.70. The Kier molecular flexibility index (Phi) is 5.20. The number of benzene rings is 1. The molecule has 2 amide bonds. The largest absolute Gasteiger partial charge is 0.347 e. The Morgan fingerprint density at radius 1 is 1.29 bits per heavy atom. The first-order valence-corrected chi connectivity index (χ1v) is 8.17. The van der Waals surface area contributed by atoms with Gasteiger partial charge < -0.3 is 10.2 Å². The molecule has 1 fully saturated rings. The fraction of sp³-hybridized carbons (Fsp3) is 0.412. The van der Waals surface area contributed by atoms with Crippen LogP contribution in [-0.2, 0) is 16.1 Å². The lowest BCUT2D eigenvalue weighted by Gasteiger charge is -2.25. The van der Waals surface area contributed by atoms with Crippen molar-refractivity contribution in [1.82, 2.24) is 25.0 Å². The minimum Gasteiger partial charge on any atom is -0.347 e. The highest BCUT2D eigenvalue weighted by molar-refractivity contribution is 5.79. The van der Waals surface area contributed by atoms with Crippen LogP contribution in [0.5, 0.6) is 0 Å². The molecule has 0 radical (unpaired) electrons. The summed E-state index contributed by atoms with van der Waals surface area (Å²) in [5.41, 5.74) is 1.01. The summed E-state index contributed by atoms with van der Waals surface area (Å²) in [5, 5.41) is 7.04. The van der Waals surface area contributed by atoms with Gasteiger partial charge in [-0.2, -0.15) is 5.10 Å². The van der Waals surface area contributed by atoms with Gasteiger partial charge in [-0.1, -0.05) is 30.3 Å². The molecular formula is C17H21N5O2. The molecule has 0 unspecified atom stereocenters. The van der Waals surface area contributed by atoms with Gasteiger partial charge in [-0.3, -0.25) is 14.3 Å². The van der Waals surface area contributed by atoms with Gasteiger partial charge >= 0.3 is 0 Å². The molecule has 126 valence electrons. The van der Waals surface area contributed by atoms with Crippen molar-refractivity contribution in [2.45, 2.75) is 31.8 Å². The number of likely N-dealkylation sites (tertiary alicyclic amines) is 1. The summed E-state index contributed by atoms with van der Waals surface area (Å²) in [6.07, 6.45) is 4.84. The van der Waals surface area contributed by atoms with Crippen molar-refractivity contribution >= 4 is 11.8 Å². The SMILES string of the molecule is O=C(CCn1cncn1)N[C@H](CN1CCCC1=O)c1ccccc1. The van der Waals surface area contributed by atoms with E-state index in [-0.39, 0.29) is 17.9 Å². The fourth-order valence-corrected chi connectivity index (χ4v) is 2.87. The second kappa shape index (κ2) is 7.72. The highest BCUT2D eigenvalue weighted by Crippen LogP contribution is 2.18. The molecule has 1 aliphatic rings. The average Bonchev–Trinajstić information content (AvgIpc) is 3.25. The topological polar surface area (TPSA) is 80.1 Å². The summed E-state index contributed by atoms with van der Waals surface area (Å²) in [7, 11) is 0. The number of amides is 2. The molecule has 1 N–H and O–H groups in total. The van der Waals surface area contributed by atoms with Crippen molar-refractivity contribution in [3.63, 3.8) is 0 Å². The Labute approximate surface area is 140 Å². The van der Waals surface area contributed by atoms with Crippen molar-refractivity contribution in [3.05, 3.63) is 48.5 Å². The van der Waals surface area contributed by atoms with E-state index in [1.807, 2.05) is 35.2 Å². The van der Waals surface area contributed by atoms with Gasteiger partial charge in [-0.05, 0) is 12.0 Å². The van der Waals surface area contributed by atoms with Crippen LogP contribution >= 0.6 is 0 Å². The number of carbonyl (C=O) groups excluding carboxylic acids is 2. The van der Waals surface area contributed by atoms with Crippen LogP contribution in [0.15, 0.2) is 43.0 Å². The van der Waals surface area contributed by atoms with Crippen LogP contribution in [-0.4, -0.2) is 44.6 Å². The van der Waals surface area contributed by atoms with Crippen LogP contribution in [0.2, 0.25) is 0 Å². The molecule has 3 rings (SSSR count). The van der Waals surface area contributed by atoms with Crippen LogP contribution < -0.4 is 5.32 Å². The molecule has 1 aliphatic heterocycles. The summed E-state index contributed by atoms with van der Waals surface area (Å²) in [6.45, 7) is 1.75. The molecule has 24 heavy (non-hydrogen) atoms. The van der Waals surface area contributed by atoms with Gasteiger partial charge in [0.25, 0.3) is 0 Å². The van der Waals surface area contributed by atoms with Gasteiger partial charge in [0.15, 0.2) is 0 Å². The molecule has 0 saturated carbocycles. The maximum atomic E-state index is 12.3. The zero-order valence-electron chi connectivity index (χ0n) is 13.5. The third-order valence-electron chi connectivity index (χ3n) is 4.15. The normalized spacial score (nSPS) is 15.5. The van der Waals surface area contributed by atoms with Crippen LogP contribution in [0, 0.1) is 0 Å². The average molecular weight is 327 g/mol. The second-order valence-electron chi connectivity index (χ2n) is 5.88. The number of nitrogens with zero attached hydrogens (tertiary/aromatic N) is 4. The maximum absolute atomic E-state index is 12.3. The van der Waals surface area contributed by atoms with E-state index in [0.717, 1.165) is 18.5 Å². The van der Waals surface area contributed by atoms with Gasteiger partial charge in [0, 0.05) is 25.9 Å². The minimum atomic E-state index is -0.198. The van der Waals surface area contributed by atoms with E-state index in [4.69, 9.17) is 0 Å². The van der Waals surface area contributed by atoms with Gasteiger partial charge in [0.2, 0.25) is 11.8 Å². The minimum absolute atomic E-state index is 0.0639.